The lowest BCUT2D eigenvalue weighted by Crippen LogP contribution is -2.38. The van der Waals surface area contributed by atoms with Crippen LogP contribution in [-0.4, -0.2) is 18.5 Å². The van der Waals surface area contributed by atoms with Crippen molar-refractivity contribution in [3.8, 4) is 12.3 Å². The predicted molar refractivity (Wildman–Crippen MR) is 82.0 cm³/mol. The summed E-state index contributed by atoms with van der Waals surface area (Å²) >= 11 is 0. The highest BCUT2D eigenvalue weighted by Crippen LogP contribution is 2.07. The Labute approximate surface area is 117 Å². The Kier molecular flexibility index (Phi) is 12.4. The number of guanidine groups is 1. The van der Waals surface area contributed by atoms with Crippen molar-refractivity contribution in [1.82, 2.24) is 5.32 Å². The van der Waals surface area contributed by atoms with E-state index in [0.29, 0.717) is 18.5 Å². The molecule has 0 spiro atoms. The molecule has 0 fully saturated rings. The van der Waals surface area contributed by atoms with Crippen molar-refractivity contribution in [2.75, 3.05) is 6.54 Å². The van der Waals surface area contributed by atoms with E-state index in [4.69, 9.17) is 12.2 Å². The third-order valence-electron chi connectivity index (χ3n) is 2.15. The van der Waals surface area contributed by atoms with Crippen molar-refractivity contribution in [3.05, 3.63) is 0 Å². The van der Waals surface area contributed by atoms with Crippen LogP contribution in [0.15, 0.2) is 4.99 Å². The number of rotatable bonds is 6. The molecule has 0 aromatic heterocycles. The zero-order valence-electron chi connectivity index (χ0n) is 10.5. The zero-order valence-corrected chi connectivity index (χ0v) is 12.8. The van der Waals surface area contributed by atoms with Crippen LogP contribution in [-0.2, 0) is 0 Å². The Morgan fingerprint density at radius 3 is 2.50 bits per heavy atom. The highest BCUT2D eigenvalue weighted by atomic mass is 127. The second kappa shape index (κ2) is 11.1. The summed E-state index contributed by atoms with van der Waals surface area (Å²) in [5, 5.41) is 3.12. The molecule has 0 radical (unpaired) electrons. The first-order valence-electron chi connectivity index (χ1n) is 5.56. The Morgan fingerprint density at radius 2 is 2.00 bits per heavy atom. The number of aliphatic imine (C=N–C) groups is 1. The smallest absolute Gasteiger partial charge is 0.189 e. The first kappa shape index (κ1) is 17.9. The van der Waals surface area contributed by atoms with Gasteiger partial charge in [-0.2, -0.15) is 0 Å². The van der Waals surface area contributed by atoms with Gasteiger partial charge in [-0.3, -0.25) is 0 Å². The fourth-order valence-corrected chi connectivity index (χ4v) is 1.33. The molecule has 1 atom stereocenters. The van der Waals surface area contributed by atoms with Gasteiger partial charge in [0.05, 0.1) is 0 Å². The number of halogens is 1. The number of nitrogens with zero attached hydrogens (tertiary/aromatic N) is 1. The summed E-state index contributed by atoms with van der Waals surface area (Å²) in [4.78, 5) is 3.97. The summed E-state index contributed by atoms with van der Waals surface area (Å²) in [7, 11) is 0. The van der Waals surface area contributed by atoms with Gasteiger partial charge in [0.2, 0.25) is 0 Å². The molecule has 0 saturated heterocycles. The second-order valence-corrected chi connectivity index (χ2v) is 4.28. The summed E-state index contributed by atoms with van der Waals surface area (Å²) in [6.07, 6.45) is 8.67. The summed E-state index contributed by atoms with van der Waals surface area (Å²) in [5.41, 5.74) is 5.64. The van der Waals surface area contributed by atoms with Crippen LogP contribution in [0.2, 0.25) is 0 Å². The molecule has 3 N–H and O–H groups in total. The molecule has 0 aliphatic heterocycles. The molecule has 0 heterocycles. The van der Waals surface area contributed by atoms with E-state index in [9.17, 15) is 0 Å². The van der Waals surface area contributed by atoms with Crippen LogP contribution in [0, 0.1) is 18.3 Å². The van der Waals surface area contributed by atoms with Gasteiger partial charge in [0.25, 0.3) is 0 Å². The lowest BCUT2D eigenvalue weighted by Gasteiger charge is -2.14. The third kappa shape index (κ3) is 11.6. The maximum Gasteiger partial charge on any atom is 0.189 e. The van der Waals surface area contributed by atoms with Crippen LogP contribution in [0.3, 0.4) is 0 Å². The standard InChI is InChI=1S/C12H23N3.HI/c1-5-9-14-12(13)15-11(4)8-6-7-10(2)3;/h1,10-11H,6-9H2,2-4H3,(H3,13,14,15);1H. The highest BCUT2D eigenvalue weighted by Gasteiger charge is 2.03. The maximum absolute atomic E-state index is 5.64. The summed E-state index contributed by atoms with van der Waals surface area (Å²) < 4.78 is 0. The Hall–Kier alpha value is -0.440. The molecule has 0 bridgehead atoms. The van der Waals surface area contributed by atoms with E-state index in [-0.39, 0.29) is 24.0 Å². The average molecular weight is 337 g/mol. The monoisotopic (exact) mass is 337 g/mol. The SMILES string of the molecule is C#CCN=C(N)NC(C)CCCC(C)C.I. The van der Waals surface area contributed by atoms with Gasteiger partial charge in [-0.05, 0) is 19.3 Å². The first-order valence-corrected chi connectivity index (χ1v) is 5.56. The molecule has 1 unspecified atom stereocenters. The third-order valence-corrected chi connectivity index (χ3v) is 2.15. The minimum absolute atomic E-state index is 0. The van der Waals surface area contributed by atoms with Crippen molar-refractivity contribution >= 4 is 29.9 Å². The second-order valence-electron chi connectivity index (χ2n) is 4.28. The van der Waals surface area contributed by atoms with E-state index in [1.165, 1.54) is 12.8 Å². The van der Waals surface area contributed by atoms with Crippen molar-refractivity contribution in [3.63, 3.8) is 0 Å². The lowest BCUT2D eigenvalue weighted by molar-refractivity contribution is 0.493. The van der Waals surface area contributed by atoms with E-state index in [0.717, 1.165) is 12.3 Å². The molecule has 0 rings (SSSR count). The number of hydrogen-bond acceptors (Lipinski definition) is 1. The van der Waals surface area contributed by atoms with Gasteiger partial charge in [-0.1, -0.05) is 32.6 Å². The summed E-state index contributed by atoms with van der Waals surface area (Å²) in [6.45, 7) is 6.93. The molecule has 4 heteroatoms. The van der Waals surface area contributed by atoms with Crippen molar-refractivity contribution in [2.24, 2.45) is 16.6 Å². The van der Waals surface area contributed by atoms with E-state index in [1.54, 1.807) is 0 Å². The van der Waals surface area contributed by atoms with E-state index in [1.807, 2.05) is 0 Å². The molecule has 0 aliphatic rings. The van der Waals surface area contributed by atoms with Crippen molar-refractivity contribution < 1.29 is 0 Å². The van der Waals surface area contributed by atoms with Gasteiger partial charge in [0.15, 0.2) is 5.96 Å². The van der Waals surface area contributed by atoms with E-state index >= 15 is 0 Å². The molecule has 16 heavy (non-hydrogen) atoms. The summed E-state index contributed by atoms with van der Waals surface area (Å²) in [6, 6.07) is 0.366. The first-order chi connectivity index (χ1) is 7.06. The number of nitrogens with one attached hydrogen (secondary N) is 1. The normalized spacial score (nSPS) is 12.8. The molecule has 3 nitrogen and oxygen atoms in total. The lowest BCUT2D eigenvalue weighted by atomic mass is 10.0. The van der Waals surface area contributed by atoms with Gasteiger partial charge in [0.1, 0.15) is 6.54 Å². The molecule has 94 valence electrons. The van der Waals surface area contributed by atoms with Crippen LogP contribution in [0.5, 0.6) is 0 Å². The number of nitrogens with two attached hydrogens (primary N) is 1. The maximum atomic E-state index is 5.64. The predicted octanol–water partition coefficient (Wildman–Crippen LogP) is 2.36. The number of terminal acetylenes is 1. The van der Waals surface area contributed by atoms with Crippen LogP contribution in [0.1, 0.15) is 40.0 Å². The molecule has 0 aromatic carbocycles. The van der Waals surface area contributed by atoms with E-state index in [2.05, 4.69) is 37.0 Å². The molecule has 0 amide bonds. The van der Waals surface area contributed by atoms with Crippen LogP contribution < -0.4 is 11.1 Å². The van der Waals surface area contributed by atoms with Gasteiger partial charge < -0.3 is 11.1 Å². The molecule has 0 aromatic rings. The topological polar surface area (TPSA) is 50.4 Å². The van der Waals surface area contributed by atoms with Crippen LogP contribution in [0.4, 0.5) is 0 Å². The fraction of sp³-hybridized carbons (Fsp3) is 0.750. The van der Waals surface area contributed by atoms with Gasteiger partial charge in [-0.15, -0.1) is 30.4 Å². The number of hydrogen-bond donors (Lipinski definition) is 2. The Balaban J connectivity index is 0. The minimum Gasteiger partial charge on any atom is -0.370 e. The molecule has 0 aliphatic carbocycles. The Bertz CT molecular complexity index is 231. The quantitative estimate of drug-likeness (QED) is 0.338. The van der Waals surface area contributed by atoms with Gasteiger partial charge in [-0.25, -0.2) is 4.99 Å². The Morgan fingerprint density at radius 1 is 1.38 bits per heavy atom. The zero-order chi connectivity index (χ0) is 11.7. The molecular formula is C12H24IN3. The van der Waals surface area contributed by atoms with Crippen molar-refractivity contribution in [1.29, 1.82) is 0 Å². The van der Waals surface area contributed by atoms with Crippen molar-refractivity contribution in [2.45, 2.75) is 46.1 Å². The summed E-state index contributed by atoms with van der Waals surface area (Å²) in [5.74, 6) is 3.64. The van der Waals surface area contributed by atoms with E-state index < -0.39 is 0 Å². The fourth-order valence-electron chi connectivity index (χ4n) is 1.33. The van der Waals surface area contributed by atoms with Gasteiger partial charge >= 0.3 is 0 Å². The largest absolute Gasteiger partial charge is 0.370 e. The average Bonchev–Trinajstić information content (AvgIpc) is 2.14. The molecule has 0 saturated carbocycles. The highest BCUT2D eigenvalue weighted by molar-refractivity contribution is 14.0. The van der Waals surface area contributed by atoms with Gasteiger partial charge in [0, 0.05) is 6.04 Å². The van der Waals surface area contributed by atoms with Crippen LogP contribution >= 0.6 is 24.0 Å². The minimum atomic E-state index is 0. The molecular weight excluding hydrogens is 313 g/mol. The van der Waals surface area contributed by atoms with Crippen LogP contribution in [0.25, 0.3) is 0 Å².